The third-order valence-electron chi connectivity index (χ3n) is 2.48. The van der Waals surface area contributed by atoms with Gasteiger partial charge in [0.1, 0.15) is 10.7 Å². The van der Waals surface area contributed by atoms with Gasteiger partial charge in [0.05, 0.1) is 5.02 Å². The number of rotatable bonds is 4. The van der Waals surface area contributed by atoms with E-state index in [0.717, 1.165) is 6.20 Å². The van der Waals surface area contributed by atoms with Crippen LogP contribution < -0.4 is 4.72 Å². The summed E-state index contributed by atoms with van der Waals surface area (Å²) in [5.41, 5.74) is 0.480. The second-order valence-corrected chi connectivity index (χ2v) is 6.86. The fourth-order valence-electron chi connectivity index (χ4n) is 1.49. The largest absolute Gasteiger partial charge is 0.263 e. The van der Waals surface area contributed by atoms with Crippen molar-refractivity contribution in [2.75, 3.05) is 0 Å². The van der Waals surface area contributed by atoms with E-state index in [1.165, 1.54) is 30.5 Å². The van der Waals surface area contributed by atoms with E-state index >= 15 is 0 Å². The molecule has 0 bridgehead atoms. The molecule has 0 aliphatic heterocycles. The summed E-state index contributed by atoms with van der Waals surface area (Å²) >= 11 is 9.05. The molecule has 0 aliphatic carbocycles. The number of aromatic nitrogens is 1. The molecule has 2 aromatic rings. The molecule has 0 aliphatic rings. The summed E-state index contributed by atoms with van der Waals surface area (Å²) in [6.07, 6.45) is 2.55. The molecule has 0 saturated carbocycles. The Labute approximate surface area is 129 Å². The first kappa shape index (κ1) is 15.4. The zero-order valence-electron chi connectivity index (χ0n) is 9.98. The molecule has 2 rings (SSSR count). The van der Waals surface area contributed by atoms with Crippen molar-refractivity contribution in [2.45, 2.75) is 11.4 Å². The van der Waals surface area contributed by atoms with E-state index in [1.807, 2.05) is 0 Å². The Hall–Kier alpha value is -1.02. The number of nitrogens with zero attached hydrogens (tertiary/aromatic N) is 1. The Morgan fingerprint density at radius 3 is 2.80 bits per heavy atom. The standard InChI is InChI=1S/C12H9BrClFN2O2S/c13-10-2-1-9(15)5-8(10)6-17-20(18,19)12-7-16-4-3-11(12)14/h1-5,7,17H,6H2. The predicted octanol–water partition coefficient (Wildman–Crippen LogP) is 3.12. The van der Waals surface area contributed by atoms with Gasteiger partial charge in [0.25, 0.3) is 0 Å². The van der Waals surface area contributed by atoms with Crippen LogP contribution in [0.1, 0.15) is 5.56 Å². The highest BCUT2D eigenvalue weighted by Crippen LogP contribution is 2.21. The molecule has 0 atom stereocenters. The van der Waals surface area contributed by atoms with E-state index in [1.54, 1.807) is 0 Å². The van der Waals surface area contributed by atoms with Crippen molar-refractivity contribution in [3.8, 4) is 0 Å². The first-order valence-corrected chi connectivity index (χ1v) is 8.08. The van der Waals surface area contributed by atoms with E-state index in [9.17, 15) is 12.8 Å². The second kappa shape index (κ2) is 6.17. The maximum absolute atomic E-state index is 13.1. The molecule has 106 valence electrons. The highest BCUT2D eigenvalue weighted by atomic mass is 79.9. The van der Waals surface area contributed by atoms with Crippen molar-refractivity contribution < 1.29 is 12.8 Å². The number of nitrogens with one attached hydrogen (secondary N) is 1. The van der Waals surface area contributed by atoms with Crippen LogP contribution in [0.15, 0.2) is 46.0 Å². The van der Waals surface area contributed by atoms with Gasteiger partial charge in [0.15, 0.2) is 0 Å². The van der Waals surface area contributed by atoms with Crippen LogP contribution in [0.3, 0.4) is 0 Å². The van der Waals surface area contributed by atoms with Gasteiger partial charge < -0.3 is 0 Å². The Balaban J connectivity index is 2.22. The number of hydrogen-bond acceptors (Lipinski definition) is 3. The topological polar surface area (TPSA) is 59.1 Å². The summed E-state index contributed by atoms with van der Waals surface area (Å²) in [7, 11) is -3.81. The molecular weight excluding hydrogens is 371 g/mol. The Kier molecular flexibility index (Phi) is 4.74. The summed E-state index contributed by atoms with van der Waals surface area (Å²) in [5, 5.41) is 0.0748. The second-order valence-electron chi connectivity index (χ2n) is 3.87. The minimum Gasteiger partial charge on any atom is -0.263 e. The van der Waals surface area contributed by atoms with Crippen molar-refractivity contribution in [2.24, 2.45) is 0 Å². The molecule has 1 heterocycles. The molecule has 0 saturated heterocycles. The number of sulfonamides is 1. The molecule has 1 aromatic heterocycles. The summed E-state index contributed by atoms with van der Waals surface area (Å²) < 4.78 is 40.2. The number of benzene rings is 1. The monoisotopic (exact) mass is 378 g/mol. The normalized spacial score (nSPS) is 11.6. The maximum Gasteiger partial charge on any atom is 0.243 e. The number of halogens is 3. The molecule has 0 amide bonds. The van der Waals surface area contributed by atoms with Gasteiger partial charge in [-0.15, -0.1) is 0 Å². The average molecular weight is 380 g/mol. The van der Waals surface area contributed by atoms with Crippen molar-refractivity contribution in [1.82, 2.24) is 9.71 Å². The van der Waals surface area contributed by atoms with Crippen LogP contribution in [0.4, 0.5) is 4.39 Å². The van der Waals surface area contributed by atoms with Crippen molar-refractivity contribution >= 4 is 37.6 Å². The van der Waals surface area contributed by atoms with Gasteiger partial charge >= 0.3 is 0 Å². The third kappa shape index (κ3) is 3.54. The van der Waals surface area contributed by atoms with Gasteiger partial charge in [-0.2, -0.15) is 0 Å². The average Bonchev–Trinajstić information content (AvgIpc) is 2.40. The van der Waals surface area contributed by atoms with Gasteiger partial charge in [0, 0.05) is 23.4 Å². The van der Waals surface area contributed by atoms with Crippen LogP contribution in [0, 0.1) is 5.82 Å². The van der Waals surface area contributed by atoms with E-state index in [-0.39, 0.29) is 16.5 Å². The SMILES string of the molecule is O=S(=O)(NCc1cc(F)ccc1Br)c1cnccc1Cl. The lowest BCUT2D eigenvalue weighted by molar-refractivity contribution is 0.579. The van der Waals surface area contributed by atoms with Gasteiger partial charge in [-0.1, -0.05) is 27.5 Å². The van der Waals surface area contributed by atoms with Crippen LogP contribution in [0.25, 0.3) is 0 Å². The Bertz CT molecular complexity index is 740. The smallest absolute Gasteiger partial charge is 0.243 e. The van der Waals surface area contributed by atoms with E-state index in [4.69, 9.17) is 11.6 Å². The fraction of sp³-hybridized carbons (Fsp3) is 0.0833. The van der Waals surface area contributed by atoms with E-state index in [2.05, 4.69) is 25.6 Å². The van der Waals surface area contributed by atoms with Gasteiger partial charge in [-0.3, -0.25) is 4.98 Å². The number of hydrogen-bond donors (Lipinski definition) is 1. The zero-order chi connectivity index (χ0) is 14.8. The highest BCUT2D eigenvalue weighted by molar-refractivity contribution is 9.10. The highest BCUT2D eigenvalue weighted by Gasteiger charge is 2.18. The van der Waals surface area contributed by atoms with Crippen LogP contribution in [0.5, 0.6) is 0 Å². The molecule has 8 heteroatoms. The third-order valence-corrected chi connectivity index (χ3v) is 5.13. The summed E-state index contributed by atoms with van der Waals surface area (Å²) in [5.74, 6) is -0.443. The molecular formula is C12H9BrClFN2O2S. The lowest BCUT2D eigenvalue weighted by Crippen LogP contribution is -2.24. The number of pyridine rings is 1. The molecule has 0 fully saturated rings. The fourth-order valence-corrected chi connectivity index (χ4v) is 3.31. The van der Waals surface area contributed by atoms with Crippen molar-refractivity contribution in [3.05, 3.63) is 57.5 Å². The van der Waals surface area contributed by atoms with Gasteiger partial charge in [-0.05, 0) is 29.8 Å². The Morgan fingerprint density at radius 1 is 1.35 bits per heavy atom. The summed E-state index contributed by atoms with van der Waals surface area (Å²) in [6, 6.07) is 5.42. The lowest BCUT2D eigenvalue weighted by Gasteiger charge is -2.09. The molecule has 0 unspecified atom stereocenters. The minimum atomic E-state index is -3.81. The minimum absolute atomic E-state index is 0.0636. The molecule has 4 nitrogen and oxygen atoms in total. The lowest BCUT2D eigenvalue weighted by atomic mass is 10.2. The van der Waals surface area contributed by atoms with Gasteiger partial charge in [-0.25, -0.2) is 17.5 Å². The first-order chi connectivity index (χ1) is 9.40. The quantitative estimate of drug-likeness (QED) is 0.888. The first-order valence-electron chi connectivity index (χ1n) is 5.43. The molecule has 1 aromatic carbocycles. The van der Waals surface area contributed by atoms with Crippen LogP contribution in [-0.2, 0) is 16.6 Å². The Morgan fingerprint density at radius 2 is 2.10 bits per heavy atom. The summed E-state index contributed by atoms with van der Waals surface area (Å²) in [6.45, 7) is -0.0636. The van der Waals surface area contributed by atoms with Gasteiger partial charge in [0.2, 0.25) is 10.0 Å². The van der Waals surface area contributed by atoms with E-state index in [0.29, 0.717) is 10.0 Å². The molecule has 0 radical (unpaired) electrons. The van der Waals surface area contributed by atoms with Crippen molar-refractivity contribution in [3.63, 3.8) is 0 Å². The maximum atomic E-state index is 13.1. The molecule has 1 N–H and O–H groups in total. The zero-order valence-corrected chi connectivity index (χ0v) is 13.1. The summed E-state index contributed by atoms with van der Waals surface area (Å²) in [4.78, 5) is 3.61. The van der Waals surface area contributed by atoms with Crippen LogP contribution >= 0.6 is 27.5 Å². The van der Waals surface area contributed by atoms with Crippen molar-refractivity contribution in [1.29, 1.82) is 0 Å². The van der Waals surface area contributed by atoms with Crippen LogP contribution in [-0.4, -0.2) is 13.4 Å². The molecule has 20 heavy (non-hydrogen) atoms. The molecule has 0 spiro atoms. The van der Waals surface area contributed by atoms with E-state index < -0.39 is 15.8 Å². The van der Waals surface area contributed by atoms with Crippen LogP contribution in [0.2, 0.25) is 5.02 Å². The predicted molar refractivity (Wildman–Crippen MR) is 77.4 cm³/mol.